The second-order valence-electron chi connectivity index (χ2n) is 3.76. The Labute approximate surface area is 89.5 Å². The molecule has 0 spiro atoms. The summed E-state index contributed by atoms with van der Waals surface area (Å²) in [6, 6.07) is 8.15. The molecule has 0 aliphatic heterocycles. The van der Waals surface area contributed by atoms with Crippen LogP contribution in [0.5, 0.6) is 0 Å². The molecule has 78 valence electrons. The molecule has 0 amide bonds. The first kappa shape index (κ1) is 11.6. The number of hydrogen-bond donors (Lipinski definition) is 2. The van der Waals surface area contributed by atoms with Crippen molar-refractivity contribution in [2.75, 3.05) is 12.3 Å². The molecule has 14 heavy (non-hydrogen) atoms. The average molecular weight is 211 g/mol. The van der Waals surface area contributed by atoms with E-state index in [1.54, 1.807) is 18.7 Å². The maximum atomic E-state index is 9.73. The molecule has 0 saturated heterocycles. The first-order valence-corrected chi connectivity index (χ1v) is 5.64. The molecule has 1 rings (SSSR count). The SMILES string of the molecule is Cc1ccccc1SCC(C)(O)CN. The summed E-state index contributed by atoms with van der Waals surface area (Å²) in [5.74, 6) is 0.633. The zero-order valence-corrected chi connectivity index (χ0v) is 9.47. The Morgan fingerprint density at radius 3 is 2.64 bits per heavy atom. The van der Waals surface area contributed by atoms with Crippen LogP contribution < -0.4 is 5.73 Å². The van der Waals surface area contributed by atoms with Gasteiger partial charge < -0.3 is 10.8 Å². The van der Waals surface area contributed by atoms with E-state index in [4.69, 9.17) is 5.73 Å². The van der Waals surface area contributed by atoms with Crippen LogP contribution in [0.3, 0.4) is 0 Å². The van der Waals surface area contributed by atoms with Crippen molar-refractivity contribution in [1.82, 2.24) is 0 Å². The summed E-state index contributed by atoms with van der Waals surface area (Å²) in [7, 11) is 0. The van der Waals surface area contributed by atoms with Gasteiger partial charge in [-0.15, -0.1) is 11.8 Å². The Hall–Kier alpha value is -0.510. The van der Waals surface area contributed by atoms with Crippen molar-refractivity contribution in [2.45, 2.75) is 24.3 Å². The second-order valence-corrected chi connectivity index (χ2v) is 4.77. The maximum Gasteiger partial charge on any atom is 0.0834 e. The van der Waals surface area contributed by atoms with Gasteiger partial charge in [0.05, 0.1) is 5.60 Å². The lowest BCUT2D eigenvalue weighted by atomic mass is 10.1. The fourth-order valence-electron chi connectivity index (χ4n) is 1.01. The minimum Gasteiger partial charge on any atom is -0.388 e. The maximum absolute atomic E-state index is 9.73. The van der Waals surface area contributed by atoms with Crippen molar-refractivity contribution < 1.29 is 5.11 Å². The molecule has 0 radical (unpaired) electrons. The Kier molecular flexibility index (Phi) is 3.98. The van der Waals surface area contributed by atoms with Crippen LogP contribution in [0.2, 0.25) is 0 Å². The van der Waals surface area contributed by atoms with E-state index in [1.807, 2.05) is 12.1 Å². The highest BCUT2D eigenvalue weighted by atomic mass is 32.2. The van der Waals surface area contributed by atoms with Gasteiger partial charge in [-0.25, -0.2) is 0 Å². The lowest BCUT2D eigenvalue weighted by Gasteiger charge is -2.20. The number of hydrogen-bond acceptors (Lipinski definition) is 3. The predicted molar refractivity (Wildman–Crippen MR) is 61.6 cm³/mol. The lowest BCUT2D eigenvalue weighted by Crippen LogP contribution is -2.36. The molecule has 0 aliphatic carbocycles. The number of aliphatic hydroxyl groups is 1. The highest BCUT2D eigenvalue weighted by molar-refractivity contribution is 7.99. The van der Waals surface area contributed by atoms with Crippen LogP contribution in [0.1, 0.15) is 12.5 Å². The fraction of sp³-hybridized carbons (Fsp3) is 0.455. The molecule has 0 fully saturated rings. The fourth-order valence-corrected chi connectivity index (χ4v) is 2.07. The second kappa shape index (κ2) is 4.82. The van der Waals surface area contributed by atoms with E-state index in [9.17, 15) is 5.11 Å². The minimum absolute atomic E-state index is 0.298. The monoisotopic (exact) mass is 211 g/mol. The molecule has 2 nitrogen and oxygen atoms in total. The standard InChI is InChI=1S/C11H17NOS/c1-9-5-3-4-6-10(9)14-8-11(2,13)7-12/h3-6,13H,7-8,12H2,1-2H3. The lowest BCUT2D eigenvalue weighted by molar-refractivity contribution is 0.0949. The Morgan fingerprint density at radius 2 is 2.07 bits per heavy atom. The molecule has 1 unspecified atom stereocenters. The van der Waals surface area contributed by atoms with E-state index >= 15 is 0 Å². The average Bonchev–Trinajstić information content (AvgIpc) is 2.17. The van der Waals surface area contributed by atoms with Gasteiger partial charge in [0.1, 0.15) is 0 Å². The largest absolute Gasteiger partial charge is 0.388 e. The topological polar surface area (TPSA) is 46.2 Å². The summed E-state index contributed by atoms with van der Waals surface area (Å²) < 4.78 is 0. The van der Waals surface area contributed by atoms with E-state index in [0.29, 0.717) is 12.3 Å². The molecule has 1 atom stereocenters. The van der Waals surface area contributed by atoms with Gasteiger partial charge in [0.15, 0.2) is 0 Å². The van der Waals surface area contributed by atoms with Crippen LogP contribution >= 0.6 is 11.8 Å². The summed E-state index contributed by atoms with van der Waals surface area (Å²) >= 11 is 1.65. The molecule has 0 aromatic heterocycles. The van der Waals surface area contributed by atoms with Crippen molar-refractivity contribution in [2.24, 2.45) is 5.73 Å². The number of thioether (sulfide) groups is 1. The minimum atomic E-state index is -0.771. The normalized spacial score (nSPS) is 15.1. The summed E-state index contributed by atoms with van der Waals surface area (Å²) in [5.41, 5.74) is 5.92. The van der Waals surface area contributed by atoms with Crippen LogP contribution in [-0.2, 0) is 0 Å². The van der Waals surface area contributed by atoms with Crippen molar-refractivity contribution in [1.29, 1.82) is 0 Å². The highest BCUT2D eigenvalue weighted by Gasteiger charge is 2.18. The number of rotatable bonds is 4. The van der Waals surface area contributed by atoms with E-state index in [1.165, 1.54) is 10.5 Å². The quantitative estimate of drug-likeness (QED) is 0.746. The molecule has 3 N–H and O–H groups in total. The van der Waals surface area contributed by atoms with E-state index in [2.05, 4.69) is 19.1 Å². The molecule has 0 aliphatic rings. The third-order valence-corrected chi connectivity index (χ3v) is 3.61. The zero-order valence-electron chi connectivity index (χ0n) is 8.66. The van der Waals surface area contributed by atoms with Gasteiger partial charge in [-0.1, -0.05) is 18.2 Å². The summed E-state index contributed by atoms with van der Waals surface area (Å²) in [5, 5.41) is 9.73. The van der Waals surface area contributed by atoms with Gasteiger partial charge in [0.2, 0.25) is 0 Å². The van der Waals surface area contributed by atoms with E-state index < -0.39 is 5.60 Å². The first-order valence-electron chi connectivity index (χ1n) is 4.66. The van der Waals surface area contributed by atoms with Gasteiger partial charge in [0, 0.05) is 17.2 Å². The van der Waals surface area contributed by atoms with Crippen LogP contribution in [-0.4, -0.2) is 23.0 Å². The first-order chi connectivity index (χ1) is 6.55. The Bertz CT molecular complexity index is 299. The summed E-state index contributed by atoms with van der Waals surface area (Å²) in [6.07, 6.45) is 0. The van der Waals surface area contributed by atoms with Gasteiger partial charge in [-0.2, -0.15) is 0 Å². The molecule has 0 heterocycles. The van der Waals surface area contributed by atoms with Crippen LogP contribution in [0.4, 0.5) is 0 Å². The summed E-state index contributed by atoms with van der Waals surface area (Å²) in [6.45, 7) is 4.13. The van der Waals surface area contributed by atoms with Crippen molar-refractivity contribution in [3.8, 4) is 0 Å². The number of benzene rings is 1. The van der Waals surface area contributed by atoms with Gasteiger partial charge in [0.25, 0.3) is 0 Å². The Morgan fingerprint density at radius 1 is 1.43 bits per heavy atom. The number of aryl methyl sites for hydroxylation is 1. The number of nitrogens with two attached hydrogens (primary N) is 1. The van der Waals surface area contributed by atoms with E-state index in [0.717, 1.165) is 0 Å². The molecular weight excluding hydrogens is 194 g/mol. The molecule has 0 saturated carbocycles. The molecule has 0 bridgehead atoms. The molecule has 1 aromatic rings. The van der Waals surface area contributed by atoms with Crippen molar-refractivity contribution >= 4 is 11.8 Å². The molecule has 1 aromatic carbocycles. The van der Waals surface area contributed by atoms with Gasteiger partial charge >= 0.3 is 0 Å². The molecular formula is C11H17NOS. The third kappa shape index (κ3) is 3.33. The predicted octanol–water partition coefficient (Wildman–Crippen LogP) is 1.80. The Balaban J connectivity index is 2.58. The van der Waals surface area contributed by atoms with Gasteiger partial charge in [-0.3, -0.25) is 0 Å². The van der Waals surface area contributed by atoms with Gasteiger partial charge in [-0.05, 0) is 25.5 Å². The van der Waals surface area contributed by atoms with E-state index in [-0.39, 0.29) is 0 Å². The van der Waals surface area contributed by atoms with Crippen molar-refractivity contribution in [3.63, 3.8) is 0 Å². The van der Waals surface area contributed by atoms with Crippen LogP contribution in [0.15, 0.2) is 29.2 Å². The van der Waals surface area contributed by atoms with Crippen molar-refractivity contribution in [3.05, 3.63) is 29.8 Å². The third-order valence-electron chi connectivity index (χ3n) is 2.07. The summed E-state index contributed by atoms with van der Waals surface area (Å²) in [4.78, 5) is 1.21. The zero-order chi connectivity index (χ0) is 10.6. The highest BCUT2D eigenvalue weighted by Crippen LogP contribution is 2.24. The van der Waals surface area contributed by atoms with Crippen LogP contribution in [0.25, 0.3) is 0 Å². The van der Waals surface area contributed by atoms with Crippen LogP contribution in [0, 0.1) is 6.92 Å². The molecule has 3 heteroatoms. The smallest absolute Gasteiger partial charge is 0.0834 e.